The van der Waals surface area contributed by atoms with Crippen molar-refractivity contribution in [2.45, 2.75) is 46.1 Å². The number of hydrogen-bond donors (Lipinski definition) is 0. The van der Waals surface area contributed by atoms with Crippen LogP contribution in [0.25, 0.3) is 11.1 Å². The van der Waals surface area contributed by atoms with Crippen molar-refractivity contribution in [2.24, 2.45) is 0 Å². The van der Waals surface area contributed by atoms with Gasteiger partial charge in [0.25, 0.3) is 0 Å². The normalized spacial score (nSPS) is 17.0. The van der Waals surface area contributed by atoms with E-state index in [1.165, 1.54) is 27.8 Å². The van der Waals surface area contributed by atoms with E-state index in [9.17, 15) is 4.39 Å². The molecule has 0 saturated carbocycles. The van der Waals surface area contributed by atoms with E-state index in [0.717, 1.165) is 48.5 Å². The maximum absolute atomic E-state index is 14.9. The summed E-state index contributed by atoms with van der Waals surface area (Å²) in [4.78, 5) is 0. The van der Waals surface area contributed by atoms with E-state index >= 15 is 0 Å². The van der Waals surface area contributed by atoms with Crippen molar-refractivity contribution in [3.63, 3.8) is 0 Å². The van der Waals surface area contributed by atoms with Gasteiger partial charge >= 0.3 is 0 Å². The van der Waals surface area contributed by atoms with Gasteiger partial charge in [-0.25, -0.2) is 4.39 Å². The number of halogens is 1. The third-order valence-corrected chi connectivity index (χ3v) is 6.17. The highest BCUT2D eigenvalue weighted by atomic mass is 19.1. The average molecular weight is 388 g/mol. The quantitative estimate of drug-likeness (QED) is 0.515. The zero-order chi connectivity index (χ0) is 20.1. The molecule has 0 spiro atoms. The van der Waals surface area contributed by atoms with Crippen LogP contribution in [0.5, 0.6) is 11.5 Å². The first kappa shape index (κ1) is 18.2. The van der Waals surface area contributed by atoms with E-state index in [4.69, 9.17) is 9.47 Å². The fraction of sp³-hybridized carbons (Fsp3) is 0.308. The summed E-state index contributed by atoms with van der Waals surface area (Å²) in [7, 11) is 0. The Hall–Kier alpha value is -2.81. The summed E-state index contributed by atoms with van der Waals surface area (Å²) in [6.45, 7) is 7.11. The van der Waals surface area contributed by atoms with Gasteiger partial charge in [-0.2, -0.15) is 0 Å². The molecule has 0 aromatic heterocycles. The van der Waals surface area contributed by atoms with Crippen molar-refractivity contribution < 1.29 is 13.9 Å². The SMILES string of the molecule is Cc1cc(C)c(-c2ccc(F)c3c2CCC3Oc2ccc3c(c2)OCC3)c(C)c1. The van der Waals surface area contributed by atoms with Crippen LogP contribution in [0.3, 0.4) is 0 Å². The lowest BCUT2D eigenvalue weighted by Crippen LogP contribution is -2.06. The Kier molecular flexibility index (Phi) is 4.34. The van der Waals surface area contributed by atoms with E-state index in [2.05, 4.69) is 39.0 Å². The lowest BCUT2D eigenvalue weighted by Gasteiger charge is -2.19. The molecule has 0 saturated heterocycles. The zero-order valence-corrected chi connectivity index (χ0v) is 17.1. The number of ether oxygens (including phenoxy) is 2. The van der Waals surface area contributed by atoms with Crippen LogP contribution in [-0.2, 0) is 12.8 Å². The highest BCUT2D eigenvalue weighted by Gasteiger charge is 2.31. The van der Waals surface area contributed by atoms with Crippen LogP contribution in [0, 0.1) is 26.6 Å². The molecule has 29 heavy (non-hydrogen) atoms. The van der Waals surface area contributed by atoms with Crippen molar-refractivity contribution in [1.82, 2.24) is 0 Å². The molecule has 1 aliphatic carbocycles. The van der Waals surface area contributed by atoms with Gasteiger partial charge in [0.1, 0.15) is 23.4 Å². The minimum Gasteiger partial charge on any atom is -0.493 e. The molecular formula is C26H25FO2. The summed E-state index contributed by atoms with van der Waals surface area (Å²) in [5.74, 6) is 1.46. The molecule has 0 N–H and O–H groups in total. The van der Waals surface area contributed by atoms with Crippen molar-refractivity contribution in [2.75, 3.05) is 6.61 Å². The number of hydrogen-bond acceptors (Lipinski definition) is 2. The maximum Gasteiger partial charge on any atom is 0.130 e. The molecule has 0 amide bonds. The largest absolute Gasteiger partial charge is 0.493 e. The summed E-state index contributed by atoms with van der Waals surface area (Å²) < 4.78 is 26.8. The van der Waals surface area contributed by atoms with Crippen molar-refractivity contribution in [1.29, 1.82) is 0 Å². The average Bonchev–Trinajstić information content (AvgIpc) is 3.30. The molecule has 2 nitrogen and oxygen atoms in total. The Morgan fingerprint density at radius 2 is 1.76 bits per heavy atom. The molecule has 3 aromatic carbocycles. The highest BCUT2D eigenvalue weighted by molar-refractivity contribution is 5.76. The van der Waals surface area contributed by atoms with E-state index in [1.54, 1.807) is 6.07 Å². The standard InChI is InChI=1S/C26H25FO2/c1-15-12-16(2)25(17(3)13-15)20-6-8-22(27)26-21(20)7-9-23(26)29-19-5-4-18-10-11-28-24(18)14-19/h4-6,8,12-14,23H,7,9-11H2,1-3H3. The van der Waals surface area contributed by atoms with Crippen LogP contribution in [-0.4, -0.2) is 6.61 Å². The number of benzene rings is 3. The predicted octanol–water partition coefficient (Wildman–Crippen LogP) is 6.42. The van der Waals surface area contributed by atoms with Gasteiger partial charge in [0.15, 0.2) is 0 Å². The summed E-state index contributed by atoms with van der Waals surface area (Å²) in [6, 6.07) is 13.9. The van der Waals surface area contributed by atoms with Crippen LogP contribution < -0.4 is 9.47 Å². The number of rotatable bonds is 3. The van der Waals surface area contributed by atoms with Gasteiger partial charge in [-0.1, -0.05) is 29.8 Å². The van der Waals surface area contributed by atoms with Gasteiger partial charge in [0.2, 0.25) is 0 Å². The molecule has 1 heterocycles. The third kappa shape index (κ3) is 3.09. The van der Waals surface area contributed by atoms with Gasteiger partial charge in [-0.3, -0.25) is 0 Å². The third-order valence-electron chi connectivity index (χ3n) is 6.17. The molecule has 5 rings (SSSR count). The van der Waals surface area contributed by atoms with Gasteiger partial charge in [-0.15, -0.1) is 0 Å². The first-order chi connectivity index (χ1) is 14.0. The summed E-state index contributed by atoms with van der Waals surface area (Å²) in [6.07, 6.45) is 2.28. The Morgan fingerprint density at radius 3 is 2.55 bits per heavy atom. The number of aryl methyl sites for hydroxylation is 3. The zero-order valence-electron chi connectivity index (χ0n) is 17.1. The first-order valence-corrected chi connectivity index (χ1v) is 10.3. The van der Waals surface area contributed by atoms with Gasteiger partial charge in [0.05, 0.1) is 6.61 Å². The van der Waals surface area contributed by atoms with Gasteiger partial charge in [-0.05, 0) is 79.1 Å². The topological polar surface area (TPSA) is 18.5 Å². The summed E-state index contributed by atoms with van der Waals surface area (Å²) >= 11 is 0. The first-order valence-electron chi connectivity index (χ1n) is 10.3. The molecule has 0 bridgehead atoms. The minimum atomic E-state index is -0.268. The lowest BCUT2D eigenvalue weighted by atomic mass is 9.89. The second-order valence-corrected chi connectivity index (χ2v) is 8.27. The monoisotopic (exact) mass is 388 g/mol. The summed E-state index contributed by atoms with van der Waals surface area (Å²) in [5, 5.41) is 0. The molecular weight excluding hydrogens is 363 g/mol. The van der Waals surface area contributed by atoms with Crippen LogP contribution in [0.4, 0.5) is 4.39 Å². The Morgan fingerprint density at radius 1 is 0.966 bits per heavy atom. The van der Waals surface area contributed by atoms with Gasteiger partial charge < -0.3 is 9.47 Å². The fourth-order valence-corrected chi connectivity index (χ4v) is 5.01. The lowest BCUT2D eigenvalue weighted by molar-refractivity contribution is 0.202. The molecule has 1 atom stereocenters. The molecule has 0 radical (unpaired) electrons. The van der Waals surface area contributed by atoms with Crippen molar-refractivity contribution in [3.05, 3.63) is 81.7 Å². The molecule has 1 unspecified atom stereocenters. The van der Waals surface area contributed by atoms with E-state index < -0.39 is 0 Å². The predicted molar refractivity (Wildman–Crippen MR) is 113 cm³/mol. The Bertz CT molecular complexity index is 1090. The molecule has 3 heteroatoms. The van der Waals surface area contributed by atoms with E-state index in [1.807, 2.05) is 18.2 Å². The highest BCUT2D eigenvalue weighted by Crippen LogP contribution is 2.43. The second kappa shape index (κ2) is 6.91. The Labute approximate surface area is 171 Å². The molecule has 3 aromatic rings. The van der Waals surface area contributed by atoms with Crippen LogP contribution in [0.2, 0.25) is 0 Å². The maximum atomic E-state index is 14.9. The van der Waals surface area contributed by atoms with Crippen molar-refractivity contribution in [3.8, 4) is 22.6 Å². The fourth-order valence-electron chi connectivity index (χ4n) is 5.01. The van der Waals surface area contributed by atoms with Crippen LogP contribution in [0.15, 0.2) is 42.5 Å². The van der Waals surface area contributed by atoms with Crippen LogP contribution in [0.1, 0.15) is 45.9 Å². The molecule has 1 aliphatic heterocycles. The minimum absolute atomic E-state index is 0.175. The van der Waals surface area contributed by atoms with E-state index in [0.29, 0.717) is 5.56 Å². The molecule has 2 aliphatic rings. The van der Waals surface area contributed by atoms with Gasteiger partial charge in [0, 0.05) is 18.1 Å². The second-order valence-electron chi connectivity index (χ2n) is 8.27. The van der Waals surface area contributed by atoms with Crippen molar-refractivity contribution >= 4 is 0 Å². The van der Waals surface area contributed by atoms with E-state index in [-0.39, 0.29) is 11.9 Å². The number of fused-ring (bicyclic) bond motifs is 2. The van der Waals surface area contributed by atoms with Crippen LogP contribution >= 0.6 is 0 Å². The Balaban J connectivity index is 1.54. The molecule has 0 fully saturated rings. The summed E-state index contributed by atoms with van der Waals surface area (Å²) in [5.41, 5.74) is 9.09. The smallest absolute Gasteiger partial charge is 0.130 e. The molecule has 148 valence electrons.